The van der Waals surface area contributed by atoms with E-state index in [-0.39, 0.29) is 17.1 Å². The monoisotopic (exact) mass is 310 g/mol. The van der Waals surface area contributed by atoms with Crippen LogP contribution in [0.15, 0.2) is 11.4 Å². The van der Waals surface area contributed by atoms with Gasteiger partial charge in [0.15, 0.2) is 0 Å². The normalized spacial score (nSPS) is 11.2. The summed E-state index contributed by atoms with van der Waals surface area (Å²) in [6.45, 7) is 0.198. The van der Waals surface area contributed by atoms with Crippen LogP contribution >= 0.6 is 11.3 Å². The van der Waals surface area contributed by atoms with E-state index in [1.807, 2.05) is 0 Å². The number of amides is 2. The van der Waals surface area contributed by atoms with Gasteiger partial charge in [0.2, 0.25) is 0 Å². The van der Waals surface area contributed by atoms with Crippen molar-refractivity contribution in [2.24, 2.45) is 0 Å². The number of halogens is 3. The Labute approximate surface area is 117 Å². The minimum atomic E-state index is -4.50. The maximum atomic E-state index is 12.4. The van der Waals surface area contributed by atoms with Crippen LogP contribution < -0.4 is 5.32 Å². The molecule has 1 heterocycles. The molecule has 0 aliphatic heterocycles. The van der Waals surface area contributed by atoms with Gasteiger partial charge < -0.3 is 10.0 Å². The maximum absolute atomic E-state index is 12.4. The van der Waals surface area contributed by atoms with Gasteiger partial charge in [-0.15, -0.1) is 11.3 Å². The van der Waals surface area contributed by atoms with Crippen molar-refractivity contribution in [1.82, 2.24) is 4.90 Å². The Hall–Kier alpha value is -1.77. The third-order valence-corrected chi connectivity index (χ3v) is 3.10. The third-order valence-electron chi connectivity index (χ3n) is 2.27. The molecule has 20 heavy (non-hydrogen) atoms. The molecule has 2 amide bonds. The van der Waals surface area contributed by atoms with Gasteiger partial charge in [0, 0.05) is 6.54 Å². The molecule has 5 nitrogen and oxygen atoms in total. The number of urea groups is 1. The number of thiophene rings is 1. The minimum Gasteiger partial charge on any atom is -0.478 e. The lowest BCUT2D eigenvalue weighted by atomic mass is 10.3. The summed E-state index contributed by atoms with van der Waals surface area (Å²) in [6.07, 6.45) is -4.14. The summed E-state index contributed by atoms with van der Waals surface area (Å²) in [5.41, 5.74) is -0.146. The molecule has 1 aromatic heterocycles. The van der Waals surface area contributed by atoms with Crippen LogP contribution in [0.1, 0.15) is 23.7 Å². The topological polar surface area (TPSA) is 69.6 Å². The second-order valence-electron chi connectivity index (χ2n) is 3.94. The number of hydrogen-bond donors (Lipinski definition) is 2. The fourth-order valence-corrected chi connectivity index (χ4v) is 2.26. The van der Waals surface area contributed by atoms with Gasteiger partial charge >= 0.3 is 18.2 Å². The Morgan fingerprint density at radius 3 is 2.60 bits per heavy atom. The molecule has 0 bridgehead atoms. The molecular weight excluding hydrogens is 297 g/mol. The molecule has 112 valence electrons. The molecule has 0 fully saturated rings. The number of nitrogens with zero attached hydrogens (tertiary/aromatic N) is 1. The van der Waals surface area contributed by atoms with Crippen molar-refractivity contribution < 1.29 is 27.9 Å². The third kappa shape index (κ3) is 4.72. The Bertz CT molecular complexity index is 488. The first kappa shape index (κ1) is 16.3. The summed E-state index contributed by atoms with van der Waals surface area (Å²) in [6, 6.07) is 0.311. The van der Waals surface area contributed by atoms with Crippen LogP contribution in [0.5, 0.6) is 0 Å². The molecule has 0 saturated carbocycles. The smallest absolute Gasteiger partial charge is 0.406 e. The second-order valence-corrected chi connectivity index (χ2v) is 4.85. The van der Waals surface area contributed by atoms with Crippen molar-refractivity contribution in [3.8, 4) is 0 Å². The van der Waals surface area contributed by atoms with Crippen molar-refractivity contribution in [2.45, 2.75) is 19.5 Å². The highest BCUT2D eigenvalue weighted by Gasteiger charge is 2.33. The summed E-state index contributed by atoms with van der Waals surface area (Å²) < 4.78 is 37.1. The van der Waals surface area contributed by atoms with E-state index in [9.17, 15) is 22.8 Å². The van der Waals surface area contributed by atoms with Gasteiger partial charge in [0.1, 0.15) is 11.5 Å². The van der Waals surface area contributed by atoms with E-state index in [1.165, 1.54) is 11.4 Å². The van der Waals surface area contributed by atoms with Crippen LogP contribution in [0.2, 0.25) is 0 Å². The van der Waals surface area contributed by atoms with Crippen molar-refractivity contribution in [2.75, 3.05) is 18.4 Å². The number of aromatic carboxylic acids is 1. The number of nitrogens with one attached hydrogen (secondary N) is 1. The lowest BCUT2D eigenvalue weighted by molar-refractivity contribution is -0.139. The van der Waals surface area contributed by atoms with Gasteiger partial charge in [-0.3, -0.25) is 5.32 Å². The van der Waals surface area contributed by atoms with E-state index in [2.05, 4.69) is 5.32 Å². The molecule has 9 heteroatoms. The molecule has 0 atom stereocenters. The van der Waals surface area contributed by atoms with E-state index >= 15 is 0 Å². The fourth-order valence-electron chi connectivity index (χ4n) is 1.49. The number of hydrogen-bond acceptors (Lipinski definition) is 3. The number of carbonyl (C=O) groups is 2. The van der Waals surface area contributed by atoms with Gasteiger partial charge in [-0.2, -0.15) is 13.2 Å². The average molecular weight is 310 g/mol. The van der Waals surface area contributed by atoms with E-state index in [0.29, 0.717) is 11.3 Å². The van der Waals surface area contributed by atoms with Crippen LogP contribution in [0.4, 0.5) is 23.0 Å². The van der Waals surface area contributed by atoms with E-state index in [0.717, 1.165) is 11.3 Å². The van der Waals surface area contributed by atoms with Crippen molar-refractivity contribution in [3.63, 3.8) is 0 Å². The minimum absolute atomic E-state index is 0.0192. The quantitative estimate of drug-likeness (QED) is 0.877. The zero-order valence-corrected chi connectivity index (χ0v) is 11.3. The van der Waals surface area contributed by atoms with Crippen LogP contribution in [0.25, 0.3) is 0 Å². The standard InChI is InChI=1S/C11H13F3N2O3S/c1-2-4-16(6-11(12,13)14)10(19)15-8-7(9(17)18)3-5-20-8/h3,5H,2,4,6H2,1H3,(H,15,19)(H,17,18). The van der Waals surface area contributed by atoms with Gasteiger partial charge in [0.25, 0.3) is 0 Å². The van der Waals surface area contributed by atoms with Crippen LogP contribution in [-0.2, 0) is 0 Å². The first-order chi connectivity index (χ1) is 9.24. The fraction of sp³-hybridized carbons (Fsp3) is 0.455. The SMILES string of the molecule is CCCN(CC(F)(F)F)C(=O)Nc1sccc1C(=O)O. The number of carboxylic acid groups (broad SMARTS) is 1. The Morgan fingerprint density at radius 2 is 2.10 bits per heavy atom. The van der Waals surface area contributed by atoms with Crippen LogP contribution in [0.3, 0.4) is 0 Å². The molecular formula is C11H13F3N2O3S. The zero-order valence-electron chi connectivity index (χ0n) is 10.5. The van der Waals surface area contributed by atoms with Crippen molar-refractivity contribution >= 4 is 28.3 Å². The molecule has 0 aliphatic carbocycles. The van der Waals surface area contributed by atoms with Crippen LogP contribution in [-0.4, -0.2) is 41.3 Å². The maximum Gasteiger partial charge on any atom is 0.406 e. The first-order valence-corrected chi connectivity index (χ1v) is 6.56. The van der Waals surface area contributed by atoms with Crippen LogP contribution in [0, 0.1) is 0 Å². The summed E-state index contributed by atoms with van der Waals surface area (Å²) in [5.74, 6) is -1.25. The average Bonchev–Trinajstić information content (AvgIpc) is 2.74. The Morgan fingerprint density at radius 1 is 1.45 bits per heavy atom. The highest BCUT2D eigenvalue weighted by molar-refractivity contribution is 7.14. The molecule has 1 aromatic rings. The van der Waals surface area contributed by atoms with E-state index in [4.69, 9.17) is 5.11 Å². The molecule has 0 unspecified atom stereocenters. The lowest BCUT2D eigenvalue weighted by Gasteiger charge is -2.23. The molecule has 1 rings (SSSR count). The number of carboxylic acids is 1. The summed E-state index contributed by atoms with van der Waals surface area (Å²) >= 11 is 0.939. The molecule has 0 saturated heterocycles. The van der Waals surface area contributed by atoms with Gasteiger partial charge in [0.05, 0.1) is 5.56 Å². The number of alkyl halides is 3. The highest BCUT2D eigenvalue weighted by Crippen LogP contribution is 2.24. The molecule has 0 aliphatic rings. The highest BCUT2D eigenvalue weighted by atomic mass is 32.1. The largest absolute Gasteiger partial charge is 0.478 e. The molecule has 0 aromatic carbocycles. The number of anilines is 1. The van der Waals surface area contributed by atoms with Crippen molar-refractivity contribution in [3.05, 3.63) is 17.0 Å². The second kappa shape index (κ2) is 6.60. The molecule has 2 N–H and O–H groups in total. The van der Waals surface area contributed by atoms with E-state index in [1.54, 1.807) is 6.92 Å². The first-order valence-electron chi connectivity index (χ1n) is 5.68. The van der Waals surface area contributed by atoms with Gasteiger partial charge in [-0.25, -0.2) is 9.59 Å². The molecule has 0 spiro atoms. The van der Waals surface area contributed by atoms with E-state index < -0.39 is 24.7 Å². The zero-order chi connectivity index (χ0) is 15.3. The predicted octanol–water partition coefficient (Wildman–Crippen LogP) is 3.25. The predicted molar refractivity (Wildman–Crippen MR) is 68.2 cm³/mol. The number of rotatable bonds is 5. The van der Waals surface area contributed by atoms with Crippen molar-refractivity contribution in [1.29, 1.82) is 0 Å². The summed E-state index contributed by atoms with van der Waals surface area (Å²) in [7, 11) is 0. The van der Waals surface area contributed by atoms with Gasteiger partial charge in [-0.05, 0) is 17.9 Å². The Balaban J connectivity index is 2.80. The molecule has 0 radical (unpaired) electrons. The Kier molecular flexibility index (Phi) is 5.37. The van der Waals surface area contributed by atoms with Gasteiger partial charge in [-0.1, -0.05) is 6.92 Å². The summed E-state index contributed by atoms with van der Waals surface area (Å²) in [5, 5.41) is 12.5. The number of carbonyl (C=O) groups excluding carboxylic acids is 1. The lowest BCUT2D eigenvalue weighted by Crippen LogP contribution is -2.41. The summed E-state index contributed by atoms with van der Waals surface area (Å²) in [4.78, 5) is 23.2.